The van der Waals surface area contributed by atoms with Crippen LogP contribution >= 0.6 is 0 Å². The third-order valence-corrected chi connectivity index (χ3v) is 5.67. The smallest absolute Gasteiger partial charge is 0.372 e. The van der Waals surface area contributed by atoms with Gasteiger partial charge < -0.3 is 9.26 Å². The standard InChI is InChI=1S/C20H21F3N4O2/c21-20(22,23)15-6-3-5-14(11-15)18-25-17(29-26-18)13-27-9-4-8-19(16(27)12-24)7-1-2-10-28-19/h3,5-6,11,16H,1-2,4,7-10,13H2/t16-,19-/m1/s1. The molecule has 6 nitrogen and oxygen atoms in total. The van der Waals surface area contributed by atoms with Crippen molar-refractivity contribution in [2.75, 3.05) is 13.2 Å². The normalized spacial score (nSPS) is 25.8. The zero-order valence-corrected chi connectivity index (χ0v) is 15.8. The van der Waals surface area contributed by atoms with E-state index in [0.717, 1.165) is 44.2 Å². The van der Waals surface area contributed by atoms with Crippen molar-refractivity contribution in [1.29, 1.82) is 5.26 Å². The first-order chi connectivity index (χ1) is 13.9. The minimum absolute atomic E-state index is 0.0975. The average molecular weight is 406 g/mol. The number of hydrogen-bond donors (Lipinski definition) is 0. The molecule has 1 spiro atoms. The summed E-state index contributed by atoms with van der Waals surface area (Å²) in [4.78, 5) is 6.23. The summed E-state index contributed by atoms with van der Waals surface area (Å²) in [6.45, 7) is 1.62. The minimum Gasteiger partial charge on any atom is -0.372 e. The van der Waals surface area contributed by atoms with Gasteiger partial charge in [0.1, 0.15) is 6.04 Å². The molecule has 0 radical (unpaired) electrons. The maximum Gasteiger partial charge on any atom is 0.416 e. The van der Waals surface area contributed by atoms with E-state index in [1.807, 2.05) is 4.90 Å². The molecule has 9 heteroatoms. The molecule has 2 aliphatic heterocycles. The van der Waals surface area contributed by atoms with E-state index in [4.69, 9.17) is 9.26 Å². The molecule has 1 aromatic carbocycles. The Balaban J connectivity index is 1.52. The van der Waals surface area contributed by atoms with Gasteiger partial charge in [-0.05, 0) is 44.2 Å². The van der Waals surface area contributed by atoms with E-state index in [-0.39, 0.29) is 23.8 Å². The lowest BCUT2D eigenvalue weighted by Gasteiger charge is -2.48. The summed E-state index contributed by atoms with van der Waals surface area (Å²) < 4.78 is 50.2. The van der Waals surface area contributed by atoms with Crippen LogP contribution in [0.4, 0.5) is 13.2 Å². The van der Waals surface area contributed by atoms with Gasteiger partial charge in [0.2, 0.25) is 11.7 Å². The summed E-state index contributed by atoms with van der Waals surface area (Å²) in [7, 11) is 0. The molecule has 0 amide bonds. The number of piperidine rings is 1. The molecule has 0 saturated carbocycles. The number of ether oxygens (including phenoxy) is 1. The number of nitriles is 1. The molecule has 2 atom stereocenters. The van der Waals surface area contributed by atoms with Crippen molar-refractivity contribution in [3.8, 4) is 17.5 Å². The first-order valence-electron chi connectivity index (χ1n) is 9.69. The van der Waals surface area contributed by atoms with Crippen molar-refractivity contribution < 1.29 is 22.4 Å². The van der Waals surface area contributed by atoms with Crippen molar-refractivity contribution in [1.82, 2.24) is 15.0 Å². The fourth-order valence-electron chi connectivity index (χ4n) is 4.28. The highest BCUT2D eigenvalue weighted by atomic mass is 19.4. The predicted molar refractivity (Wildman–Crippen MR) is 96.3 cm³/mol. The number of rotatable bonds is 3. The number of alkyl halides is 3. The Morgan fingerprint density at radius 1 is 1.24 bits per heavy atom. The molecule has 2 aliphatic rings. The number of benzene rings is 1. The monoisotopic (exact) mass is 406 g/mol. The van der Waals surface area contributed by atoms with Crippen molar-refractivity contribution >= 4 is 0 Å². The van der Waals surface area contributed by atoms with Crippen LogP contribution in [0.1, 0.15) is 43.6 Å². The number of likely N-dealkylation sites (tertiary alicyclic amines) is 1. The van der Waals surface area contributed by atoms with Crippen LogP contribution in [0.15, 0.2) is 28.8 Å². The van der Waals surface area contributed by atoms with Crippen LogP contribution in [0.3, 0.4) is 0 Å². The lowest BCUT2D eigenvalue weighted by atomic mass is 9.79. The van der Waals surface area contributed by atoms with E-state index in [0.29, 0.717) is 13.2 Å². The molecule has 2 saturated heterocycles. The molecule has 3 heterocycles. The van der Waals surface area contributed by atoms with Gasteiger partial charge in [-0.2, -0.15) is 23.4 Å². The third kappa shape index (κ3) is 4.00. The molecule has 2 fully saturated rings. The van der Waals surface area contributed by atoms with Crippen molar-refractivity contribution in [2.24, 2.45) is 0 Å². The fourth-order valence-corrected chi connectivity index (χ4v) is 4.28. The Kier molecular flexibility index (Phi) is 5.32. The fraction of sp³-hybridized carbons (Fsp3) is 0.550. The Labute approximate surface area is 166 Å². The van der Waals surface area contributed by atoms with Crippen LogP contribution in [0.2, 0.25) is 0 Å². The quantitative estimate of drug-likeness (QED) is 0.761. The SMILES string of the molecule is N#C[C@H]1N(Cc2nc(-c3cccc(C(F)(F)F)c3)no2)CCC[C@]12CCCCO2. The second-order valence-electron chi connectivity index (χ2n) is 7.57. The minimum atomic E-state index is -4.44. The molecule has 4 rings (SSSR count). The van der Waals surface area contributed by atoms with E-state index in [1.54, 1.807) is 0 Å². The molecule has 1 aromatic heterocycles. The maximum atomic E-state index is 12.9. The predicted octanol–water partition coefficient (Wildman–Crippen LogP) is 4.18. The lowest BCUT2D eigenvalue weighted by molar-refractivity contribution is -0.139. The number of hydrogen-bond acceptors (Lipinski definition) is 6. The first kappa shape index (κ1) is 19.9. The van der Waals surface area contributed by atoms with Crippen LogP contribution in [0.25, 0.3) is 11.4 Å². The van der Waals surface area contributed by atoms with Gasteiger partial charge in [-0.1, -0.05) is 17.3 Å². The Bertz CT molecular complexity index is 894. The van der Waals surface area contributed by atoms with Gasteiger partial charge in [0.25, 0.3) is 0 Å². The van der Waals surface area contributed by atoms with Crippen LogP contribution in [0.5, 0.6) is 0 Å². The largest absolute Gasteiger partial charge is 0.416 e. The Hall–Kier alpha value is -2.44. The zero-order chi connectivity index (χ0) is 20.5. The molecule has 0 N–H and O–H groups in total. The topological polar surface area (TPSA) is 75.2 Å². The van der Waals surface area contributed by atoms with Crippen molar-refractivity contribution in [3.05, 3.63) is 35.7 Å². The van der Waals surface area contributed by atoms with Crippen LogP contribution in [-0.4, -0.2) is 39.8 Å². The summed E-state index contributed by atoms with van der Waals surface area (Å²) >= 11 is 0. The van der Waals surface area contributed by atoms with E-state index in [2.05, 4.69) is 16.2 Å². The van der Waals surface area contributed by atoms with Crippen molar-refractivity contribution in [2.45, 2.75) is 56.5 Å². The molecule has 0 unspecified atom stereocenters. The average Bonchev–Trinajstić information content (AvgIpc) is 3.17. The number of halogens is 3. The van der Waals surface area contributed by atoms with E-state index in [1.165, 1.54) is 12.1 Å². The highest BCUT2D eigenvalue weighted by Crippen LogP contribution is 2.39. The van der Waals surface area contributed by atoms with Crippen LogP contribution in [-0.2, 0) is 17.5 Å². The van der Waals surface area contributed by atoms with Gasteiger partial charge in [0.15, 0.2) is 0 Å². The van der Waals surface area contributed by atoms with Gasteiger partial charge in [-0.25, -0.2) is 0 Å². The molecular formula is C20H21F3N4O2. The van der Waals surface area contributed by atoms with Crippen molar-refractivity contribution in [3.63, 3.8) is 0 Å². The molecule has 0 bridgehead atoms. The molecule has 2 aromatic rings. The molecule has 29 heavy (non-hydrogen) atoms. The van der Waals surface area contributed by atoms with Crippen LogP contribution < -0.4 is 0 Å². The second kappa shape index (κ2) is 7.76. The maximum absolute atomic E-state index is 12.9. The third-order valence-electron chi connectivity index (χ3n) is 5.67. The summed E-state index contributed by atoms with van der Waals surface area (Å²) in [5.41, 5.74) is -0.995. The molecule has 0 aliphatic carbocycles. The second-order valence-corrected chi connectivity index (χ2v) is 7.57. The van der Waals surface area contributed by atoms with Gasteiger partial charge in [0, 0.05) is 18.7 Å². The van der Waals surface area contributed by atoms with Gasteiger partial charge in [0.05, 0.1) is 23.8 Å². The number of nitrogens with zero attached hydrogens (tertiary/aromatic N) is 4. The van der Waals surface area contributed by atoms with E-state index in [9.17, 15) is 18.4 Å². The molecule has 154 valence electrons. The summed E-state index contributed by atoms with van der Waals surface area (Å²) in [6, 6.07) is 6.79. The zero-order valence-electron chi connectivity index (χ0n) is 15.8. The summed E-state index contributed by atoms with van der Waals surface area (Å²) in [6.07, 6.45) is 0.190. The highest BCUT2D eigenvalue weighted by molar-refractivity contribution is 5.55. The lowest BCUT2D eigenvalue weighted by Crippen LogP contribution is -2.58. The van der Waals surface area contributed by atoms with Gasteiger partial charge in [-0.15, -0.1) is 0 Å². The highest BCUT2D eigenvalue weighted by Gasteiger charge is 2.47. The summed E-state index contributed by atoms with van der Waals surface area (Å²) in [5, 5.41) is 13.6. The van der Waals surface area contributed by atoms with Gasteiger partial charge >= 0.3 is 6.18 Å². The van der Waals surface area contributed by atoms with E-state index < -0.39 is 23.4 Å². The van der Waals surface area contributed by atoms with Gasteiger partial charge in [-0.3, -0.25) is 4.90 Å². The molecular weight excluding hydrogens is 385 g/mol. The Morgan fingerprint density at radius 2 is 2.07 bits per heavy atom. The first-order valence-corrected chi connectivity index (χ1v) is 9.69. The van der Waals surface area contributed by atoms with E-state index >= 15 is 0 Å². The van der Waals surface area contributed by atoms with Crippen LogP contribution in [0, 0.1) is 11.3 Å². The Morgan fingerprint density at radius 3 is 2.79 bits per heavy atom. The summed E-state index contributed by atoms with van der Waals surface area (Å²) in [5.74, 6) is 0.366. The number of aromatic nitrogens is 2.